The van der Waals surface area contributed by atoms with Crippen molar-refractivity contribution in [1.29, 1.82) is 0 Å². The minimum absolute atomic E-state index is 0.520. The quantitative estimate of drug-likeness (QED) is 0.618. The van der Waals surface area contributed by atoms with Gasteiger partial charge in [-0.25, -0.2) is 4.99 Å². The normalized spacial score (nSPS) is 17.3. The number of benzene rings is 1. The average molecular weight is 337 g/mol. The van der Waals surface area contributed by atoms with Crippen LogP contribution < -0.4 is 10.6 Å². The van der Waals surface area contributed by atoms with E-state index in [2.05, 4.69) is 29.4 Å². The Bertz CT molecular complexity index is 478. The molecule has 1 heterocycles. The number of hydrogen-bond donors (Lipinski definition) is 2. The van der Waals surface area contributed by atoms with Gasteiger partial charge in [0.2, 0.25) is 0 Å². The molecule has 0 spiro atoms. The second kappa shape index (κ2) is 9.78. The Hall–Kier alpha value is -1.26. The van der Waals surface area contributed by atoms with Gasteiger partial charge >= 0.3 is 0 Å². The van der Waals surface area contributed by atoms with Crippen LogP contribution in [0.2, 0.25) is 5.02 Å². The van der Waals surface area contributed by atoms with Crippen molar-refractivity contribution < 1.29 is 0 Å². The number of piperidine rings is 1. The van der Waals surface area contributed by atoms with Gasteiger partial charge in [0.25, 0.3) is 0 Å². The zero-order chi connectivity index (χ0) is 16.5. The lowest BCUT2D eigenvalue weighted by atomic mass is 10.1. The summed E-state index contributed by atoms with van der Waals surface area (Å²) < 4.78 is 0. The number of guanidine groups is 1. The third-order valence-electron chi connectivity index (χ3n) is 4.15. The smallest absolute Gasteiger partial charge is 0.191 e. The summed E-state index contributed by atoms with van der Waals surface area (Å²) in [6.07, 6.45) is 3.61. The van der Waals surface area contributed by atoms with E-state index in [1.165, 1.54) is 44.5 Å². The molecule has 2 N–H and O–H groups in total. The van der Waals surface area contributed by atoms with Crippen LogP contribution in [0.1, 0.15) is 38.7 Å². The van der Waals surface area contributed by atoms with Gasteiger partial charge in [-0.1, -0.05) is 30.7 Å². The molecule has 2 rings (SSSR count). The van der Waals surface area contributed by atoms with E-state index in [4.69, 9.17) is 16.6 Å². The summed E-state index contributed by atoms with van der Waals surface area (Å²) in [5.41, 5.74) is 1.17. The predicted molar refractivity (Wildman–Crippen MR) is 99.2 cm³/mol. The highest BCUT2D eigenvalue weighted by atomic mass is 35.5. The van der Waals surface area contributed by atoms with E-state index >= 15 is 0 Å². The molecular weight excluding hydrogens is 308 g/mol. The molecule has 1 aliphatic heterocycles. The molecule has 0 bridgehead atoms. The second-order valence-electron chi connectivity index (χ2n) is 6.08. The Morgan fingerprint density at radius 3 is 2.52 bits per heavy atom. The predicted octanol–water partition coefficient (Wildman–Crippen LogP) is 3.27. The van der Waals surface area contributed by atoms with E-state index in [-0.39, 0.29) is 0 Å². The molecule has 0 aromatic heterocycles. The van der Waals surface area contributed by atoms with Crippen molar-refractivity contribution in [3.63, 3.8) is 0 Å². The molecule has 1 saturated heterocycles. The van der Waals surface area contributed by atoms with Crippen LogP contribution in [0, 0.1) is 0 Å². The summed E-state index contributed by atoms with van der Waals surface area (Å²) in [7, 11) is 0. The minimum atomic E-state index is 0.520. The summed E-state index contributed by atoms with van der Waals surface area (Å²) in [5, 5.41) is 7.70. The van der Waals surface area contributed by atoms with Crippen molar-refractivity contribution >= 4 is 17.6 Å². The van der Waals surface area contributed by atoms with Crippen LogP contribution in [-0.4, -0.2) is 43.1 Å². The first-order valence-electron chi connectivity index (χ1n) is 8.73. The van der Waals surface area contributed by atoms with Crippen LogP contribution >= 0.6 is 11.6 Å². The number of nitrogens with one attached hydrogen (secondary N) is 2. The van der Waals surface area contributed by atoms with Gasteiger partial charge < -0.3 is 15.5 Å². The first kappa shape index (κ1) is 18.1. The zero-order valence-electron chi connectivity index (χ0n) is 14.3. The Morgan fingerprint density at radius 1 is 1.22 bits per heavy atom. The van der Waals surface area contributed by atoms with E-state index in [0.717, 1.165) is 17.5 Å². The molecule has 1 aliphatic rings. The van der Waals surface area contributed by atoms with Crippen molar-refractivity contribution in [3.8, 4) is 0 Å². The summed E-state index contributed by atoms with van der Waals surface area (Å²) in [5.74, 6) is 0.913. The van der Waals surface area contributed by atoms with E-state index in [0.29, 0.717) is 12.6 Å². The van der Waals surface area contributed by atoms with Gasteiger partial charge in [0, 0.05) is 30.7 Å². The molecule has 0 amide bonds. The summed E-state index contributed by atoms with van der Waals surface area (Å²) >= 11 is 5.92. The summed E-state index contributed by atoms with van der Waals surface area (Å²) in [6.45, 7) is 9.48. The van der Waals surface area contributed by atoms with Crippen molar-refractivity contribution in [2.45, 2.75) is 45.7 Å². The van der Waals surface area contributed by atoms with Crippen molar-refractivity contribution in [2.24, 2.45) is 4.99 Å². The molecule has 0 atom stereocenters. The zero-order valence-corrected chi connectivity index (χ0v) is 15.1. The Labute approximate surface area is 145 Å². The third-order valence-corrected chi connectivity index (χ3v) is 4.40. The molecule has 5 heteroatoms. The Balaban J connectivity index is 1.85. The monoisotopic (exact) mass is 336 g/mol. The van der Waals surface area contributed by atoms with Crippen LogP contribution in [0.3, 0.4) is 0 Å². The average Bonchev–Trinajstić information content (AvgIpc) is 2.56. The molecule has 0 saturated carbocycles. The van der Waals surface area contributed by atoms with Gasteiger partial charge in [0.1, 0.15) is 0 Å². The fraction of sp³-hybridized carbons (Fsp3) is 0.611. The fourth-order valence-electron chi connectivity index (χ4n) is 2.89. The SMILES string of the molecule is CCCN1CCC(NC(=NCc2ccc(Cl)cc2)NCC)CC1. The largest absolute Gasteiger partial charge is 0.357 e. The molecule has 1 fully saturated rings. The summed E-state index contributed by atoms with van der Waals surface area (Å²) in [6, 6.07) is 8.40. The van der Waals surface area contributed by atoms with Gasteiger partial charge in [0.15, 0.2) is 5.96 Å². The molecule has 0 unspecified atom stereocenters. The van der Waals surface area contributed by atoms with Crippen LogP contribution in [-0.2, 0) is 6.54 Å². The number of aliphatic imine (C=N–C) groups is 1. The number of likely N-dealkylation sites (tertiary alicyclic amines) is 1. The topological polar surface area (TPSA) is 39.7 Å². The van der Waals surface area contributed by atoms with E-state index in [1.807, 2.05) is 24.3 Å². The van der Waals surface area contributed by atoms with Crippen LogP contribution in [0.25, 0.3) is 0 Å². The van der Waals surface area contributed by atoms with Gasteiger partial charge in [-0.15, -0.1) is 0 Å². The summed E-state index contributed by atoms with van der Waals surface area (Å²) in [4.78, 5) is 7.25. The minimum Gasteiger partial charge on any atom is -0.357 e. The van der Waals surface area contributed by atoms with Crippen molar-refractivity contribution in [2.75, 3.05) is 26.2 Å². The lowest BCUT2D eigenvalue weighted by Crippen LogP contribution is -2.48. The third kappa shape index (κ3) is 6.40. The molecule has 0 aliphatic carbocycles. The maximum atomic E-state index is 5.92. The van der Waals surface area contributed by atoms with Crippen LogP contribution in [0.15, 0.2) is 29.3 Å². The lowest BCUT2D eigenvalue weighted by molar-refractivity contribution is 0.206. The molecule has 23 heavy (non-hydrogen) atoms. The maximum Gasteiger partial charge on any atom is 0.191 e. The Kier molecular flexibility index (Phi) is 7.69. The number of halogens is 1. The van der Waals surface area contributed by atoms with E-state index < -0.39 is 0 Å². The first-order chi connectivity index (χ1) is 11.2. The fourth-order valence-corrected chi connectivity index (χ4v) is 3.02. The van der Waals surface area contributed by atoms with Crippen molar-refractivity contribution in [3.05, 3.63) is 34.9 Å². The van der Waals surface area contributed by atoms with E-state index in [1.54, 1.807) is 0 Å². The van der Waals surface area contributed by atoms with Gasteiger partial charge in [-0.2, -0.15) is 0 Å². The first-order valence-corrected chi connectivity index (χ1v) is 9.10. The van der Waals surface area contributed by atoms with Gasteiger partial charge in [-0.3, -0.25) is 0 Å². The Morgan fingerprint density at radius 2 is 1.91 bits per heavy atom. The molecule has 1 aromatic rings. The van der Waals surface area contributed by atoms with Crippen molar-refractivity contribution in [1.82, 2.24) is 15.5 Å². The van der Waals surface area contributed by atoms with Crippen LogP contribution in [0.4, 0.5) is 0 Å². The molecule has 1 aromatic carbocycles. The molecule has 128 valence electrons. The standard InChI is InChI=1S/C18H29ClN4/c1-3-11-23-12-9-17(10-13-23)22-18(20-4-2)21-14-15-5-7-16(19)8-6-15/h5-8,17H,3-4,9-14H2,1-2H3,(H2,20,21,22). The van der Waals surface area contributed by atoms with Crippen LogP contribution in [0.5, 0.6) is 0 Å². The van der Waals surface area contributed by atoms with E-state index in [9.17, 15) is 0 Å². The highest BCUT2D eigenvalue weighted by molar-refractivity contribution is 6.30. The second-order valence-corrected chi connectivity index (χ2v) is 6.52. The lowest BCUT2D eigenvalue weighted by Gasteiger charge is -2.32. The number of nitrogens with zero attached hydrogens (tertiary/aromatic N) is 2. The molecule has 0 radical (unpaired) electrons. The van der Waals surface area contributed by atoms with Gasteiger partial charge in [0.05, 0.1) is 6.54 Å². The number of rotatable bonds is 6. The number of hydrogen-bond acceptors (Lipinski definition) is 2. The highest BCUT2D eigenvalue weighted by Crippen LogP contribution is 2.12. The maximum absolute atomic E-state index is 5.92. The highest BCUT2D eigenvalue weighted by Gasteiger charge is 2.19. The van der Waals surface area contributed by atoms with Gasteiger partial charge in [-0.05, 0) is 50.4 Å². The molecule has 4 nitrogen and oxygen atoms in total. The molecular formula is C18H29ClN4.